The first kappa shape index (κ1) is 14.9. The quantitative estimate of drug-likeness (QED) is 0.438. The Labute approximate surface area is 95.2 Å². The zero-order chi connectivity index (χ0) is 12.2. The average molecular weight is 233 g/mol. The van der Waals surface area contributed by atoms with E-state index >= 15 is 0 Å². The van der Waals surface area contributed by atoms with Crippen LogP contribution in [0.3, 0.4) is 0 Å². The van der Waals surface area contributed by atoms with Crippen LogP contribution in [0.25, 0.3) is 0 Å². The van der Waals surface area contributed by atoms with Crippen LogP contribution in [0.5, 0.6) is 0 Å². The van der Waals surface area contributed by atoms with Gasteiger partial charge in [0.1, 0.15) is 6.61 Å². The molecule has 0 heterocycles. The van der Waals surface area contributed by atoms with Gasteiger partial charge in [0.05, 0.1) is 26.2 Å². The fourth-order valence-corrected chi connectivity index (χ4v) is 0.872. The van der Waals surface area contributed by atoms with E-state index in [0.29, 0.717) is 19.8 Å². The maximum atomic E-state index is 11.1. The van der Waals surface area contributed by atoms with Crippen molar-refractivity contribution in [3.63, 3.8) is 0 Å². The minimum Gasteiger partial charge on any atom is -0.463 e. The normalized spacial score (nSPS) is 9.88. The van der Waals surface area contributed by atoms with E-state index in [1.807, 2.05) is 0 Å². The van der Waals surface area contributed by atoms with E-state index in [-0.39, 0.29) is 31.3 Å². The Hall–Kier alpha value is -1.14. The summed E-state index contributed by atoms with van der Waals surface area (Å²) in [6, 6.07) is 0. The minimum atomic E-state index is -0.390. The highest BCUT2D eigenvalue weighted by atomic mass is 16.6. The molecule has 0 saturated heterocycles. The number of rotatable bonds is 9. The van der Waals surface area contributed by atoms with Gasteiger partial charge in [-0.25, -0.2) is 0 Å². The van der Waals surface area contributed by atoms with E-state index in [1.54, 1.807) is 7.11 Å². The van der Waals surface area contributed by atoms with Gasteiger partial charge in [-0.05, 0) is 0 Å². The number of esters is 1. The van der Waals surface area contributed by atoms with E-state index in [1.165, 1.54) is 7.05 Å². The van der Waals surface area contributed by atoms with E-state index < -0.39 is 0 Å². The number of methoxy groups -OCH3 is 1. The Bertz CT molecular complexity index is 207. The second kappa shape index (κ2) is 10.4. The lowest BCUT2D eigenvalue weighted by molar-refractivity contribution is -0.146. The molecule has 0 aliphatic carbocycles. The molecule has 0 saturated carbocycles. The van der Waals surface area contributed by atoms with Crippen LogP contribution in [-0.2, 0) is 23.8 Å². The summed E-state index contributed by atoms with van der Waals surface area (Å²) in [5.74, 6) is -0.563. The van der Waals surface area contributed by atoms with Gasteiger partial charge in [-0.15, -0.1) is 0 Å². The molecule has 0 aliphatic rings. The lowest BCUT2D eigenvalue weighted by Crippen LogP contribution is -2.19. The molecule has 0 aromatic rings. The van der Waals surface area contributed by atoms with E-state index in [0.717, 1.165) is 0 Å². The molecular weight excluding hydrogens is 214 g/mol. The number of ether oxygens (including phenoxy) is 3. The van der Waals surface area contributed by atoms with Gasteiger partial charge in [0.15, 0.2) is 0 Å². The van der Waals surface area contributed by atoms with Crippen molar-refractivity contribution in [1.29, 1.82) is 0 Å². The number of carbonyl (C=O) groups is 2. The largest absolute Gasteiger partial charge is 0.463 e. The topological polar surface area (TPSA) is 73.9 Å². The molecule has 1 N–H and O–H groups in total. The van der Waals surface area contributed by atoms with Crippen molar-refractivity contribution in [2.45, 2.75) is 12.8 Å². The molecule has 0 fully saturated rings. The highest BCUT2D eigenvalue weighted by molar-refractivity contribution is 5.80. The van der Waals surface area contributed by atoms with Crippen molar-refractivity contribution >= 4 is 11.9 Å². The Morgan fingerprint density at radius 2 is 1.75 bits per heavy atom. The molecule has 0 atom stereocenters. The molecule has 0 bridgehead atoms. The molecule has 94 valence electrons. The summed E-state index contributed by atoms with van der Waals surface area (Å²) < 4.78 is 14.7. The van der Waals surface area contributed by atoms with Gasteiger partial charge in [0.2, 0.25) is 5.91 Å². The zero-order valence-corrected chi connectivity index (χ0v) is 9.78. The Morgan fingerprint density at radius 3 is 2.38 bits per heavy atom. The Morgan fingerprint density at radius 1 is 1.06 bits per heavy atom. The lowest BCUT2D eigenvalue weighted by Gasteiger charge is -2.05. The highest BCUT2D eigenvalue weighted by Crippen LogP contribution is 1.92. The van der Waals surface area contributed by atoms with Gasteiger partial charge in [0.25, 0.3) is 0 Å². The van der Waals surface area contributed by atoms with Crippen LogP contribution in [0.2, 0.25) is 0 Å². The highest BCUT2D eigenvalue weighted by Gasteiger charge is 2.05. The molecule has 0 aromatic heterocycles. The van der Waals surface area contributed by atoms with Gasteiger partial charge in [-0.2, -0.15) is 0 Å². The first-order valence-electron chi connectivity index (χ1n) is 5.13. The van der Waals surface area contributed by atoms with Crippen LogP contribution in [0, 0.1) is 0 Å². The smallest absolute Gasteiger partial charge is 0.306 e. The van der Waals surface area contributed by atoms with Crippen molar-refractivity contribution in [2.24, 2.45) is 0 Å². The molecule has 0 rings (SSSR count). The van der Waals surface area contributed by atoms with Crippen LogP contribution in [0.1, 0.15) is 12.8 Å². The monoisotopic (exact) mass is 233 g/mol. The molecule has 0 spiro atoms. The Kier molecular flexibility index (Phi) is 9.64. The van der Waals surface area contributed by atoms with Gasteiger partial charge < -0.3 is 19.5 Å². The summed E-state index contributed by atoms with van der Waals surface area (Å²) in [4.78, 5) is 21.9. The lowest BCUT2D eigenvalue weighted by atomic mass is 10.3. The molecule has 0 aromatic carbocycles. The third-order valence-electron chi connectivity index (χ3n) is 1.76. The predicted molar refractivity (Wildman–Crippen MR) is 57.0 cm³/mol. The molecule has 0 aliphatic heterocycles. The molecule has 0 unspecified atom stereocenters. The summed E-state index contributed by atoms with van der Waals surface area (Å²) in [6.07, 6.45) is 0.248. The molecule has 16 heavy (non-hydrogen) atoms. The van der Waals surface area contributed by atoms with Gasteiger partial charge in [0, 0.05) is 20.6 Å². The summed E-state index contributed by atoms with van der Waals surface area (Å²) in [6.45, 7) is 1.54. The average Bonchev–Trinajstić information content (AvgIpc) is 2.30. The number of carbonyl (C=O) groups excluding carboxylic acids is 2. The maximum Gasteiger partial charge on any atom is 0.306 e. The minimum absolute atomic E-state index is 0.0950. The predicted octanol–water partition coefficient (Wildman–Crippen LogP) is -0.281. The molecular formula is C10H19NO5. The second-order valence-electron chi connectivity index (χ2n) is 3.00. The van der Waals surface area contributed by atoms with Crippen LogP contribution >= 0.6 is 0 Å². The number of hydrogen-bond acceptors (Lipinski definition) is 5. The third kappa shape index (κ3) is 9.42. The van der Waals surface area contributed by atoms with Crippen molar-refractivity contribution in [3.05, 3.63) is 0 Å². The number of amides is 1. The van der Waals surface area contributed by atoms with Crippen LogP contribution in [0.15, 0.2) is 0 Å². The summed E-state index contributed by atoms with van der Waals surface area (Å²) >= 11 is 0. The molecule has 6 nitrogen and oxygen atoms in total. The second-order valence-corrected chi connectivity index (χ2v) is 3.00. The van der Waals surface area contributed by atoms with E-state index in [9.17, 15) is 9.59 Å². The van der Waals surface area contributed by atoms with Crippen molar-refractivity contribution < 1.29 is 23.8 Å². The van der Waals surface area contributed by atoms with E-state index in [4.69, 9.17) is 14.2 Å². The van der Waals surface area contributed by atoms with E-state index in [2.05, 4.69) is 5.32 Å². The third-order valence-corrected chi connectivity index (χ3v) is 1.76. The SMILES string of the molecule is CNC(=O)CCC(=O)OCCOCCOC. The van der Waals surface area contributed by atoms with Crippen molar-refractivity contribution in [3.8, 4) is 0 Å². The Balaban J connectivity index is 3.27. The van der Waals surface area contributed by atoms with Crippen LogP contribution in [0.4, 0.5) is 0 Å². The zero-order valence-electron chi connectivity index (χ0n) is 9.78. The van der Waals surface area contributed by atoms with Gasteiger partial charge >= 0.3 is 5.97 Å². The van der Waals surface area contributed by atoms with Crippen LogP contribution in [-0.4, -0.2) is 52.5 Å². The summed E-state index contributed by atoms with van der Waals surface area (Å²) in [5.41, 5.74) is 0. The first-order valence-corrected chi connectivity index (χ1v) is 5.13. The number of nitrogens with one attached hydrogen (secondary N) is 1. The van der Waals surface area contributed by atoms with Crippen molar-refractivity contribution in [1.82, 2.24) is 5.32 Å². The fraction of sp³-hybridized carbons (Fsp3) is 0.800. The summed E-state index contributed by atoms with van der Waals surface area (Å²) in [7, 11) is 3.11. The standard InChI is InChI=1S/C10H19NO5/c1-11-9(12)3-4-10(13)16-8-7-15-6-5-14-2/h3-8H2,1-2H3,(H,11,12). The fourth-order valence-electron chi connectivity index (χ4n) is 0.872. The van der Waals surface area contributed by atoms with Crippen LogP contribution < -0.4 is 5.32 Å². The molecule has 0 radical (unpaired) electrons. The molecule has 6 heteroatoms. The van der Waals surface area contributed by atoms with Gasteiger partial charge in [-0.1, -0.05) is 0 Å². The van der Waals surface area contributed by atoms with Crippen molar-refractivity contribution in [2.75, 3.05) is 40.6 Å². The first-order chi connectivity index (χ1) is 7.70. The maximum absolute atomic E-state index is 11.1. The summed E-state index contributed by atoms with van der Waals surface area (Å²) in [5, 5.41) is 2.43. The molecule has 1 amide bonds. The number of hydrogen-bond donors (Lipinski definition) is 1. The van der Waals surface area contributed by atoms with Gasteiger partial charge in [-0.3, -0.25) is 9.59 Å².